The number of H-pyrrole nitrogens is 1. The van der Waals surface area contributed by atoms with Crippen molar-refractivity contribution in [1.29, 1.82) is 0 Å². The van der Waals surface area contributed by atoms with Crippen molar-refractivity contribution >= 4 is 16.7 Å². The van der Waals surface area contributed by atoms with Crippen LogP contribution in [0.2, 0.25) is 0 Å². The number of rotatable bonds is 8. The summed E-state index contributed by atoms with van der Waals surface area (Å²) in [5.74, 6) is 0.203. The second-order valence-corrected chi connectivity index (χ2v) is 7.27. The van der Waals surface area contributed by atoms with Crippen LogP contribution in [0.15, 0.2) is 17.1 Å². The Hall–Kier alpha value is -1.63. The molecule has 0 saturated heterocycles. The molecule has 1 heterocycles. The van der Waals surface area contributed by atoms with Gasteiger partial charge in [-0.3, -0.25) is 13.8 Å². The van der Waals surface area contributed by atoms with Crippen molar-refractivity contribution in [3.05, 3.63) is 28.2 Å². The van der Waals surface area contributed by atoms with Crippen molar-refractivity contribution < 1.29 is 13.7 Å². The lowest BCUT2D eigenvalue weighted by Crippen LogP contribution is -2.36. The molecule has 23 heavy (non-hydrogen) atoms. The fourth-order valence-electron chi connectivity index (χ4n) is 2.62. The molecule has 0 bridgehead atoms. The van der Waals surface area contributed by atoms with Crippen LogP contribution in [0.25, 0.3) is 0 Å². The zero-order valence-electron chi connectivity index (χ0n) is 13.4. The van der Waals surface area contributed by atoms with Gasteiger partial charge in [0, 0.05) is 34.8 Å². The summed E-state index contributed by atoms with van der Waals surface area (Å²) < 4.78 is 17.4. The number of pyridine rings is 1. The summed E-state index contributed by atoms with van der Waals surface area (Å²) in [5.41, 5.74) is 0.311. The van der Waals surface area contributed by atoms with Gasteiger partial charge in [-0.15, -0.1) is 0 Å². The number of aromatic amines is 1. The van der Waals surface area contributed by atoms with Crippen LogP contribution in [0, 0.1) is 0 Å². The third-order valence-corrected chi connectivity index (χ3v) is 4.94. The fraction of sp³-hybridized carbons (Fsp3) is 0.625. The van der Waals surface area contributed by atoms with E-state index in [1.165, 1.54) is 12.3 Å². The third kappa shape index (κ3) is 5.82. The molecule has 2 N–H and O–H groups in total. The van der Waals surface area contributed by atoms with Crippen LogP contribution in [0.1, 0.15) is 44.7 Å². The first kappa shape index (κ1) is 17.7. The number of amides is 1. The fourth-order valence-corrected chi connectivity index (χ4v) is 3.61. The molecule has 128 valence electrons. The van der Waals surface area contributed by atoms with Gasteiger partial charge in [0.05, 0.1) is 12.4 Å². The first-order valence-electron chi connectivity index (χ1n) is 8.07. The van der Waals surface area contributed by atoms with E-state index in [-0.39, 0.29) is 34.6 Å². The molecule has 7 heteroatoms. The van der Waals surface area contributed by atoms with E-state index >= 15 is 0 Å². The van der Waals surface area contributed by atoms with Gasteiger partial charge in [-0.25, -0.2) is 0 Å². The maximum atomic E-state index is 12.1. The second-order valence-electron chi connectivity index (χ2n) is 5.81. The van der Waals surface area contributed by atoms with Crippen LogP contribution < -0.4 is 15.5 Å². The number of carbonyl (C=O) groups excluding carboxylic acids is 1. The lowest BCUT2D eigenvalue weighted by atomic mass is 10.2. The molecule has 1 atom stereocenters. The average Bonchev–Trinajstić information content (AvgIpc) is 2.99. The maximum Gasteiger partial charge on any atom is 0.232 e. The molecule has 1 aromatic heterocycles. The summed E-state index contributed by atoms with van der Waals surface area (Å²) in [5, 5.41) is 2.92. The van der Waals surface area contributed by atoms with Crippen LogP contribution >= 0.6 is 0 Å². The number of nitrogens with one attached hydrogen (secondary N) is 2. The minimum Gasteiger partial charge on any atom is -0.488 e. The summed E-state index contributed by atoms with van der Waals surface area (Å²) in [7, 11) is -1.34. The quantitative estimate of drug-likeness (QED) is 0.750. The van der Waals surface area contributed by atoms with Gasteiger partial charge >= 0.3 is 0 Å². The molecule has 1 amide bonds. The van der Waals surface area contributed by atoms with Crippen LogP contribution in [-0.2, 0) is 21.3 Å². The van der Waals surface area contributed by atoms with E-state index < -0.39 is 10.8 Å². The van der Waals surface area contributed by atoms with Crippen LogP contribution in [-0.4, -0.2) is 33.5 Å². The molecule has 1 fully saturated rings. The summed E-state index contributed by atoms with van der Waals surface area (Å²) in [6.45, 7) is 2.44. The SMILES string of the molecule is CCCOc1c[nH]c(CS(=O)CC(=O)NC2CCCC2)cc1=O. The van der Waals surface area contributed by atoms with Crippen molar-refractivity contribution in [3.63, 3.8) is 0 Å². The second kappa shape index (κ2) is 8.86. The van der Waals surface area contributed by atoms with Crippen molar-refractivity contribution in [1.82, 2.24) is 10.3 Å². The average molecular weight is 340 g/mol. The molecule has 0 aliphatic heterocycles. The van der Waals surface area contributed by atoms with Gasteiger partial charge in [0.25, 0.3) is 0 Å². The van der Waals surface area contributed by atoms with E-state index in [0.29, 0.717) is 12.3 Å². The van der Waals surface area contributed by atoms with Gasteiger partial charge in [0.1, 0.15) is 5.75 Å². The van der Waals surface area contributed by atoms with Gasteiger partial charge in [0.2, 0.25) is 11.3 Å². The first-order valence-corrected chi connectivity index (χ1v) is 9.56. The van der Waals surface area contributed by atoms with Gasteiger partial charge in [-0.05, 0) is 19.3 Å². The number of aromatic nitrogens is 1. The lowest BCUT2D eigenvalue weighted by Gasteiger charge is -2.11. The standard InChI is InChI=1S/C16H24N2O4S/c1-2-7-22-15-9-17-13(8-14(15)19)10-23(21)11-16(20)18-12-5-3-4-6-12/h8-9,12H,2-7,10-11H2,1H3,(H,17,19)(H,18,20). The van der Waals surface area contributed by atoms with Crippen LogP contribution in [0.5, 0.6) is 5.75 Å². The summed E-state index contributed by atoms with van der Waals surface area (Å²) in [6.07, 6.45) is 6.60. The zero-order chi connectivity index (χ0) is 16.7. The summed E-state index contributed by atoms with van der Waals surface area (Å²) in [6, 6.07) is 1.62. The molecular formula is C16H24N2O4S. The molecule has 2 rings (SSSR count). The maximum absolute atomic E-state index is 12.1. The minimum atomic E-state index is -1.34. The smallest absolute Gasteiger partial charge is 0.232 e. The molecule has 1 aromatic rings. The Morgan fingerprint density at radius 3 is 2.83 bits per heavy atom. The van der Waals surface area contributed by atoms with Crippen molar-refractivity contribution in [2.75, 3.05) is 12.4 Å². The van der Waals surface area contributed by atoms with E-state index in [9.17, 15) is 13.8 Å². The molecule has 1 aliphatic rings. The highest BCUT2D eigenvalue weighted by atomic mass is 32.2. The Morgan fingerprint density at radius 2 is 2.17 bits per heavy atom. The number of hydrogen-bond acceptors (Lipinski definition) is 4. The van der Waals surface area contributed by atoms with Crippen LogP contribution in [0.4, 0.5) is 0 Å². The number of ether oxygens (including phenoxy) is 1. The monoisotopic (exact) mass is 340 g/mol. The molecule has 1 unspecified atom stereocenters. The summed E-state index contributed by atoms with van der Waals surface area (Å²) >= 11 is 0. The van der Waals surface area contributed by atoms with Gasteiger partial charge < -0.3 is 15.0 Å². The molecule has 0 spiro atoms. The number of hydrogen-bond donors (Lipinski definition) is 2. The zero-order valence-corrected chi connectivity index (χ0v) is 14.2. The minimum absolute atomic E-state index is 0.0351. The predicted octanol–water partition coefficient (Wildman–Crippen LogP) is 1.47. The van der Waals surface area contributed by atoms with Crippen molar-refractivity contribution in [2.24, 2.45) is 0 Å². The molecule has 6 nitrogen and oxygen atoms in total. The largest absolute Gasteiger partial charge is 0.488 e. The van der Waals surface area contributed by atoms with E-state index in [1.54, 1.807) is 0 Å². The highest BCUT2D eigenvalue weighted by Crippen LogP contribution is 2.17. The molecule has 0 aromatic carbocycles. The van der Waals surface area contributed by atoms with Crippen molar-refractivity contribution in [3.8, 4) is 5.75 Å². The van der Waals surface area contributed by atoms with Crippen molar-refractivity contribution in [2.45, 2.75) is 50.8 Å². The normalized spacial score (nSPS) is 16.2. The lowest BCUT2D eigenvalue weighted by molar-refractivity contribution is -0.119. The third-order valence-electron chi connectivity index (χ3n) is 3.73. The van der Waals surface area contributed by atoms with E-state index in [1.807, 2.05) is 6.92 Å². The highest BCUT2D eigenvalue weighted by Gasteiger charge is 2.18. The Balaban J connectivity index is 1.83. The topological polar surface area (TPSA) is 88.3 Å². The van der Waals surface area contributed by atoms with Crippen LogP contribution in [0.3, 0.4) is 0 Å². The first-order chi connectivity index (χ1) is 11.1. The number of carbonyl (C=O) groups is 1. The van der Waals surface area contributed by atoms with E-state index in [2.05, 4.69) is 10.3 Å². The van der Waals surface area contributed by atoms with Gasteiger partial charge in [-0.1, -0.05) is 19.8 Å². The molecule has 1 saturated carbocycles. The van der Waals surface area contributed by atoms with Gasteiger partial charge in [-0.2, -0.15) is 0 Å². The Kier molecular flexibility index (Phi) is 6.83. The Morgan fingerprint density at radius 1 is 1.43 bits per heavy atom. The highest BCUT2D eigenvalue weighted by molar-refractivity contribution is 7.84. The Bertz CT molecular complexity index is 608. The Labute approximate surface area is 138 Å². The molecule has 1 aliphatic carbocycles. The molecular weight excluding hydrogens is 316 g/mol. The molecule has 0 radical (unpaired) electrons. The van der Waals surface area contributed by atoms with E-state index in [4.69, 9.17) is 4.74 Å². The predicted molar refractivity (Wildman–Crippen MR) is 90.0 cm³/mol. The van der Waals surface area contributed by atoms with Gasteiger partial charge in [0.15, 0.2) is 5.75 Å². The summed E-state index contributed by atoms with van der Waals surface area (Å²) in [4.78, 5) is 26.6. The van der Waals surface area contributed by atoms with E-state index in [0.717, 1.165) is 32.1 Å².